The van der Waals surface area contributed by atoms with E-state index in [1.54, 1.807) is 0 Å². The molecule has 3 nitrogen and oxygen atoms in total. The van der Waals surface area contributed by atoms with E-state index in [2.05, 4.69) is 5.32 Å². The molecule has 1 aliphatic rings. The number of hydrogen-bond donors (Lipinski definition) is 1. The average molecular weight is 283 g/mol. The minimum Gasteiger partial charge on any atom is -0.381 e. The highest BCUT2D eigenvalue weighted by atomic mass is 19.2. The van der Waals surface area contributed by atoms with Gasteiger partial charge in [0.05, 0.1) is 0 Å². The maximum Gasteiger partial charge on any atom is 0.220 e. The first-order chi connectivity index (χ1) is 9.65. The molecule has 1 saturated heterocycles. The van der Waals surface area contributed by atoms with E-state index in [1.807, 2.05) is 0 Å². The molecule has 1 aromatic carbocycles. The van der Waals surface area contributed by atoms with Crippen LogP contribution < -0.4 is 5.32 Å². The molecule has 20 heavy (non-hydrogen) atoms. The first kappa shape index (κ1) is 14.9. The number of ether oxygens (including phenoxy) is 1. The third-order valence-corrected chi connectivity index (χ3v) is 3.55. The fourth-order valence-corrected chi connectivity index (χ4v) is 2.25. The van der Waals surface area contributed by atoms with Crippen LogP contribution in [0.25, 0.3) is 0 Å². The van der Waals surface area contributed by atoms with E-state index in [-0.39, 0.29) is 12.3 Å². The van der Waals surface area contributed by atoms with Crippen LogP contribution in [0, 0.1) is 17.6 Å². The average Bonchev–Trinajstić information content (AvgIpc) is 2.47. The van der Waals surface area contributed by atoms with Crippen molar-refractivity contribution in [2.75, 3.05) is 19.8 Å². The fraction of sp³-hybridized carbons (Fsp3) is 0.533. The maximum absolute atomic E-state index is 13.0. The molecule has 1 heterocycles. The predicted octanol–water partition coefficient (Wildman–Crippen LogP) is 2.44. The van der Waals surface area contributed by atoms with Crippen molar-refractivity contribution >= 4 is 5.91 Å². The lowest BCUT2D eigenvalue weighted by Crippen LogP contribution is -2.32. The topological polar surface area (TPSA) is 38.3 Å². The summed E-state index contributed by atoms with van der Waals surface area (Å²) in [4.78, 5) is 11.7. The van der Waals surface area contributed by atoms with E-state index in [9.17, 15) is 13.6 Å². The third-order valence-electron chi connectivity index (χ3n) is 3.55. The number of carbonyl (C=O) groups is 1. The number of hydrogen-bond acceptors (Lipinski definition) is 2. The Balaban J connectivity index is 1.70. The van der Waals surface area contributed by atoms with Crippen LogP contribution in [0.3, 0.4) is 0 Å². The number of carbonyl (C=O) groups excluding carboxylic acids is 1. The molecule has 0 bridgehead atoms. The van der Waals surface area contributed by atoms with Gasteiger partial charge in [0.2, 0.25) is 5.91 Å². The third kappa shape index (κ3) is 4.56. The van der Waals surface area contributed by atoms with Crippen LogP contribution in [0.4, 0.5) is 8.78 Å². The minimum atomic E-state index is -0.870. The normalized spacial score (nSPS) is 16.1. The highest BCUT2D eigenvalue weighted by Crippen LogP contribution is 2.13. The Kier molecular flexibility index (Phi) is 5.47. The number of aryl methyl sites for hydroxylation is 1. The van der Waals surface area contributed by atoms with E-state index < -0.39 is 11.6 Å². The van der Waals surface area contributed by atoms with Crippen molar-refractivity contribution < 1.29 is 18.3 Å². The summed E-state index contributed by atoms with van der Waals surface area (Å²) in [5.74, 6) is -1.31. The van der Waals surface area contributed by atoms with Gasteiger partial charge in [-0.15, -0.1) is 0 Å². The van der Waals surface area contributed by atoms with Crippen molar-refractivity contribution in [3.8, 4) is 0 Å². The summed E-state index contributed by atoms with van der Waals surface area (Å²) in [6.07, 6.45) is 2.65. The highest BCUT2D eigenvalue weighted by molar-refractivity contribution is 5.76. The smallest absolute Gasteiger partial charge is 0.220 e. The van der Waals surface area contributed by atoms with E-state index in [1.165, 1.54) is 6.07 Å². The van der Waals surface area contributed by atoms with Gasteiger partial charge in [0.1, 0.15) is 0 Å². The quantitative estimate of drug-likeness (QED) is 0.901. The van der Waals surface area contributed by atoms with Crippen molar-refractivity contribution in [2.24, 2.45) is 5.92 Å². The number of rotatable bonds is 5. The zero-order valence-corrected chi connectivity index (χ0v) is 11.3. The van der Waals surface area contributed by atoms with Crippen molar-refractivity contribution in [1.82, 2.24) is 5.32 Å². The molecule has 0 unspecified atom stereocenters. The zero-order valence-electron chi connectivity index (χ0n) is 11.3. The van der Waals surface area contributed by atoms with Gasteiger partial charge >= 0.3 is 0 Å². The van der Waals surface area contributed by atoms with Crippen LogP contribution in [0.2, 0.25) is 0 Å². The molecule has 0 saturated carbocycles. The van der Waals surface area contributed by atoms with E-state index >= 15 is 0 Å². The van der Waals surface area contributed by atoms with Gasteiger partial charge in [-0.1, -0.05) is 6.07 Å². The van der Waals surface area contributed by atoms with Gasteiger partial charge in [0.25, 0.3) is 0 Å². The molecule has 1 amide bonds. The van der Waals surface area contributed by atoms with Gasteiger partial charge in [0, 0.05) is 26.2 Å². The minimum absolute atomic E-state index is 0.0544. The SMILES string of the molecule is O=C(CCc1ccc(F)c(F)c1)NCC1CCOCC1. The molecule has 1 aromatic rings. The first-order valence-electron chi connectivity index (χ1n) is 6.93. The Morgan fingerprint density at radius 1 is 1.25 bits per heavy atom. The number of nitrogens with one attached hydrogen (secondary N) is 1. The number of halogens is 2. The van der Waals surface area contributed by atoms with Gasteiger partial charge in [-0.3, -0.25) is 4.79 Å². The summed E-state index contributed by atoms with van der Waals surface area (Å²) in [6, 6.07) is 3.73. The summed E-state index contributed by atoms with van der Waals surface area (Å²) in [6.45, 7) is 2.19. The lowest BCUT2D eigenvalue weighted by molar-refractivity contribution is -0.121. The molecule has 1 aliphatic heterocycles. The molecule has 0 aromatic heterocycles. The molecule has 110 valence electrons. The Morgan fingerprint density at radius 2 is 2.00 bits per heavy atom. The van der Waals surface area contributed by atoms with E-state index in [0.29, 0.717) is 24.4 Å². The predicted molar refractivity (Wildman–Crippen MR) is 71.2 cm³/mol. The molecule has 2 rings (SSSR count). The Labute approximate surface area is 117 Å². The first-order valence-corrected chi connectivity index (χ1v) is 6.93. The molecular formula is C15H19F2NO2. The summed E-state index contributed by atoms with van der Waals surface area (Å²) >= 11 is 0. The fourth-order valence-electron chi connectivity index (χ4n) is 2.25. The Bertz CT molecular complexity index is 459. The highest BCUT2D eigenvalue weighted by Gasteiger charge is 2.14. The Hall–Kier alpha value is -1.49. The molecule has 0 atom stereocenters. The summed E-state index contributed by atoms with van der Waals surface area (Å²) in [7, 11) is 0. The summed E-state index contributed by atoms with van der Waals surface area (Å²) in [5, 5.41) is 2.89. The molecular weight excluding hydrogens is 264 g/mol. The number of amides is 1. The van der Waals surface area contributed by atoms with Crippen LogP contribution in [-0.4, -0.2) is 25.7 Å². The van der Waals surface area contributed by atoms with Crippen molar-refractivity contribution in [3.05, 3.63) is 35.4 Å². The van der Waals surface area contributed by atoms with Crippen LogP contribution in [0.15, 0.2) is 18.2 Å². The molecule has 5 heteroatoms. The molecule has 0 radical (unpaired) electrons. The summed E-state index contributed by atoms with van der Waals surface area (Å²) in [5.41, 5.74) is 0.630. The van der Waals surface area contributed by atoms with Crippen LogP contribution in [0.5, 0.6) is 0 Å². The van der Waals surface area contributed by atoms with Crippen LogP contribution in [-0.2, 0) is 16.0 Å². The molecule has 0 aliphatic carbocycles. The van der Waals surface area contributed by atoms with Crippen molar-refractivity contribution in [1.29, 1.82) is 0 Å². The van der Waals surface area contributed by atoms with Gasteiger partial charge in [-0.05, 0) is 42.9 Å². The molecule has 1 fully saturated rings. The number of benzene rings is 1. The second kappa shape index (κ2) is 7.33. The van der Waals surface area contributed by atoms with Gasteiger partial charge in [0.15, 0.2) is 11.6 Å². The van der Waals surface area contributed by atoms with Crippen LogP contribution in [0.1, 0.15) is 24.8 Å². The standard InChI is InChI=1S/C15H19F2NO2/c16-13-3-1-11(9-14(13)17)2-4-15(19)18-10-12-5-7-20-8-6-12/h1,3,9,12H,2,4-8,10H2,(H,18,19). The largest absolute Gasteiger partial charge is 0.381 e. The van der Waals surface area contributed by atoms with Gasteiger partial charge in [-0.25, -0.2) is 8.78 Å². The maximum atomic E-state index is 13.0. The lowest BCUT2D eigenvalue weighted by Gasteiger charge is -2.22. The summed E-state index contributed by atoms with van der Waals surface area (Å²) < 4.78 is 31.0. The van der Waals surface area contributed by atoms with Gasteiger partial charge in [-0.2, -0.15) is 0 Å². The van der Waals surface area contributed by atoms with Gasteiger partial charge < -0.3 is 10.1 Å². The monoisotopic (exact) mass is 283 g/mol. The second-order valence-corrected chi connectivity index (χ2v) is 5.11. The van der Waals surface area contributed by atoms with E-state index in [4.69, 9.17) is 4.74 Å². The Morgan fingerprint density at radius 3 is 2.70 bits per heavy atom. The van der Waals surface area contributed by atoms with Crippen molar-refractivity contribution in [3.63, 3.8) is 0 Å². The van der Waals surface area contributed by atoms with Crippen molar-refractivity contribution in [2.45, 2.75) is 25.7 Å². The van der Waals surface area contributed by atoms with E-state index in [0.717, 1.165) is 38.2 Å². The molecule has 0 spiro atoms. The van der Waals surface area contributed by atoms with Crippen LogP contribution >= 0.6 is 0 Å². The second-order valence-electron chi connectivity index (χ2n) is 5.11. The lowest BCUT2D eigenvalue weighted by atomic mass is 10.0. The molecule has 1 N–H and O–H groups in total. The zero-order chi connectivity index (χ0) is 14.4.